The number of hydrogen-bond donors (Lipinski definition) is 3. The van der Waals surface area contributed by atoms with Gasteiger partial charge >= 0.3 is 18.1 Å². The van der Waals surface area contributed by atoms with Crippen molar-refractivity contribution in [1.82, 2.24) is 14.8 Å². The number of carbonyl (C=O) groups is 3. The topological polar surface area (TPSA) is 112 Å². The van der Waals surface area contributed by atoms with Crippen LogP contribution in [0.5, 0.6) is 0 Å². The number of benzene rings is 2. The first-order valence-corrected chi connectivity index (χ1v) is 13.1. The van der Waals surface area contributed by atoms with E-state index in [2.05, 4.69) is 17.4 Å². The van der Waals surface area contributed by atoms with Crippen LogP contribution in [-0.2, 0) is 16.1 Å². The van der Waals surface area contributed by atoms with Crippen molar-refractivity contribution in [3.8, 4) is 11.3 Å². The number of aromatic nitrogens is 1. The van der Waals surface area contributed by atoms with Crippen molar-refractivity contribution in [1.29, 1.82) is 0 Å². The SMILES string of the molecule is CN(C)CCNC(=O)Cn1c(-c2ccccc2)c(C2CCCCC2)c2ccc(C(=O)O)cc21.O=C(O)C(F)(F)F. The molecule has 1 aliphatic carbocycles. The number of nitrogens with zero attached hydrogens (tertiary/aromatic N) is 2. The molecule has 3 N–H and O–H groups in total. The predicted molar refractivity (Wildman–Crippen MR) is 145 cm³/mol. The van der Waals surface area contributed by atoms with Crippen LogP contribution in [0.3, 0.4) is 0 Å². The Hall–Kier alpha value is -3.86. The van der Waals surface area contributed by atoms with Crippen LogP contribution in [0.25, 0.3) is 22.2 Å². The number of carboxylic acids is 2. The second-order valence-electron chi connectivity index (χ2n) is 10.0. The number of alkyl halides is 3. The lowest BCUT2D eigenvalue weighted by atomic mass is 9.82. The van der Waals surface area contributed by atoms with Crippen molar-refractivity contribution in [2.24, 2.45) is 0 Å². The van der Waals surface area contributed by atoms with Gasteiger partial charge < -0.3 is 25.0 Å². The lowest BCUT2D eigenvalue weighted by Gasteiger charge is -2.23. The first kappa shape index (κ1) is 30.7. The first-order chi connectivity index (χ1) is 18.9. The molecule has 11 heteroatoms. The zero-order chi connectivity index (χ0) is 29.4. The highest BCUT2D eigenvalue weighted by Gasteiger charge is 2.38. The minimum Gasteiger partial charge on any atom is -0.478 e. The van der Waals surface area contributed by atoms with Crippen molar-refractivity contribution in [3.05, 3.63) is 59.7 Å². The van der Waals surface area contributed by atoms with E-state index < -0.39 is 18.1 Å². The summed E-state index contributed by atoms with van der Waals surface area (Å²) in [5.74, 6) is -3.37. The molecule has 0 saturated heterocycles. The number of hydrogen-bond acceptors (Lipinski definition) is 4. The fourth-order valence-corrected chi connectivity index (χ4v) is 5.00. The molecular formula is C29H34F3N3O5. The molecule has 1 saturated carbocycles. The van der Waals surface area contributed by atoms with E-state index in [1.54, 1.807) is 12.1 Å². The zero-order valence-electron chi connectivity index (χ0n) is 22.5. The van der Waals surface area contributed by atoms with Crippen molar-refractivity contribution < 1.29 is 37.8 Å². The van der Waals surface area contributed by atoms with E-state index in [4.69, 9.17) is 9.90 Å². The van der Waals surface area contributed by atoms with Crippen LogP contribution >= 0.6 is 0 Å². The Morgan fingerprint density at radius 2 is 1.62 bits per heavy atom. The van der Waals surface area contributed by atoms with E-state index in [0.29, 0.717) is 12.5 Å². The number of amides is 1. The number of likely N-dealkylation sites (N-methyl/N-ethyl adjacent to an activating group) is 1. The van der Waals surface area contributed by atoms with E-state index in [1.807, 2.05) is 47.8 Å². The molecule has 1 aliphatic rings. The highest BCUT2D eigenvalue weighted by molar-refractivity contribution is 5.99. The van der Waals surface area contributed by atoms with Gasteiger partial charge in [0.15, 0.2) is 0 Å². The molecule has 216 valence electrons. The van der Waals surface area contributed by atoms with Crippen LogP contribution in [-0.4, -0.2) is 70.9 Å². The summed E-state index contributed by atoms with van der Waals surface area (Å²) in [6.07, 6.45) is 0.810. The summed E-state index contributed by atoms with van der Waals surface area (Å²) in [6.45, 7) is 1.49. The van der Waals surface area contributed by atoms with Crippen LogP contribution in [0.4, 0.5) is 13.2 Å². The van der Waals surface area contributed by atoms with Crippen LogP contribution in [0.1, 0.15) is 53.9 Å². The molecule has 4 rings (SSSR count). The largest absolute Gasteiger partial charge is 0.490 e. The number of aromatic carboxylic acids is 1. The highest BCUT2D eigenvalue weighted by atomic mass is 19.4. The van der Waals surface area contributed by atoms with Crippen LogP contribution in [0.15, 0.2) is 48.5 Å². The lowest BCUT2D eigenvalue weighted by Crippen LogP contribution is -2.33. The third-order valence-corrected chi connectivity index (χ3v) is 6.84. The predicted octanol–water partition coefficient (Wildman–Crippen LogP) is 5.37. The average Bonchev–Trinajstić information content (AvgIpc) is 3.22. The zero-order valence-corrected chi connectivity index (χ0v) is 22.5. The molecule has 0 radical (unpaired) electrons. The Kier molecular flexibility index (Phi) is 10.3. The van der Waals surface area contributed by atoms with Crippen molar-refractivity contribution >= 4 is 28.7 Å². The number of carboxylic acid groups (broad SMARTS) is 2. The summed E-state index contributed by atoms with van der Waals surface area (Å²) in [5, 5.41) is 20.8. The fourth-order valence-electron chi connectivity index (χ4n) is 5.00. The maximum absolute atomic E-state index is 13.0. The molecule has 0 atom stereocenters. The van der Waals surface area contributed by atoms with E-state index >= 15 is 0 Å². The Bertz CT molecular complexity index is 1330. The summed E-state index contributed by atoms with van der Waals surface area (Å²) in [7, 11) is 3.95. The molecule has 1 heterocycles. The van der Waals surface area contributed by atoms with Gasteiger partial charge in [0.2, 0.25) is 5.91 Å². The van der Waals surface area contributed by atoms with Crippen LogP contribution < -0.4 is 5.32 Å². The number of halogens is 3. The lowest BCUT2D eigenvalue weighted by molar-refractivity contribution is -0.192. The first-order valence-electron chi connectivity index (χ1n) is 13.1. The summed E-state index contributed by atoms with van der Waals surface area (Å²) in [5.41, 5.74) is 4.42. The summed E-state index contributed by atoms with van der Waals surface area (Å²) < 4.78 is 33.8. The van der Waals surface area contributed by atoms with Gasteiger partial charge in [-0.3, -0.25) is 4.79 Å². The molecule has 3 aromatic rings. The number of fused-ring (bicyclic) bond motifs is 1. The van der Waals surface area contributed by atoms with Crippen LogP contribution in [0.2, 0.25) is 0 Å². The third kappa shape index (κ3) is 7.84. The quantitative estimate of drug-likeness (QED) is 0.341. The minimum absolute atomic E-state index is 0.0677. The van der Waals surface area contributed by atoms with Gasteiger partial charge in [-0.2, -0.15) is 13.2 Å². The maximum atomic E-state index is 13.0. The van der Waals surface area contributed by atoms with Crippen molar-refractivity contribution in [2.75, 3.05) is 27.2 Å². The number of carbonyl (C=O) groups excluding carboxylic acids is 1. The number of aliphatic carboxylic acids is 1. The van der Waals surface area contributed by atoms with Gasteiger partial charge in [0.25, 0.3) is 0 Å². The molecule has 1 amide bonds. The molecular weight excluding hydrogens is 527 g/mol. The summed E-state index contributed by atoms with van der Waals surface area (Å²) in [4.78, 5) is 35.6. The van der Waals surface area contributed by atoms with Gasteiger partial charge in [0, 0.05) is 18.5 Å². The van der Waals surface area contributed by atoms with Gasteiger partial charge in [-0.25, -0.2) is 9.59 Å². The number of nitrogens with one attached hydrogen (secondary N) is 1. The highest BCUT2D eigenvalue weighted by Crippen LogP contribution is 2.44. The molecule has 2 aromatic carbocycles. The molecule has 0 aliphatic heterocycles. The van der Waals surface area contributed by atoms with Gasteiger partial charge in [-0.1, -0.05) is 55.7 Å². The van der Waals surface area contributed by atoms with E-state index in [1.165, 1.54) is 24.8 Å². The summed E-state index contributed by atoms with van der Waals surface area (Å²) in [6, 6.07) is 15.5. The molecule has 0 unspecified atom stereocenters. The Morgan fingerprint density at radius 3 is 2.17 bits per heavy atom. The molecule has 1 fully saturated rings. The molecule has 40 heavy (non-hydrogen) atoms. The maximum Gasteiger partial charge on any atom is 0.490 e. The Balaban J connectivity index is 0.000000559. The Morgan fingerprint density at radius 1 is 1.00 bits per heavy atom. The minimum atomic E-state index is -5.08. The van der Waals surface area contributed by atoms with Gasteiger partial charge in [-0.05, 0) is 56.1 Å². The molecule has 8 nitrogen and oxygen atoms in total. The monoisotopic (exact) mass is 561 g/mol. The molecule has 0 bridgehead atoms. The smallest absolute Gasteiger partial charge is 0.478 e. The normalized spacial score (nSPS) is 14.1. The molecule has 1 aromatic heterocycles. The second-order valence-corrected chi connectivity index (χ2v) is 10.0. The number of rotatable bonds is 8. The third-order valence-electron chi connectivity index (χ3n) is 6.84. The Labute approximate surface area is 230 Å². The van der Waals surface area contributed by atoms with Crippen molar-refractivity contribution in [3.63, 3.8) is 0 Å². The van der Waals surface area contributed by atoms with Crippen molar-refractivity contribution in [2.45, 2.75) is 50.7 Å². The molecule has 0 spiro atoms. The van der Waals surface area contributed by atoms with Gasteiger partial charge in [-0.15, -0.1) is 0 Å². The van der Waals surface area contributed by atoms with Gasteiger partial charge in [0.05, 0.1) is 16.8 Å². The van der Waals surface area contributed by atoms with E-state index in [9.17, 15) is 27.9 Å². The second kappa shape index (κ2) is 13.5. The van der Waals surface area contributed by atoms with Gasteiger partial charge in [0.1, 0.15) is 6.54 Å². The fraction of sp³-hybridized carbons (Fsp3) is 0.414. The van der Waals surface area contributed by atoms with E-state index in [-0.39, 0.29) is 18.0 Å². The standard InChI is InChI=1S/C27H33N3O3.C2HF3O2/c1-29(2)16-15-28-24(31)18-30-23-17-21(27(32)33)13-14-22(23)25(19-9-5-3-6-10-19)26(30)20-11-7-4-8-12-20;3-2(4,5)1(6)7/h4,7-8,11-14,17,19H,3,5-6,9-10,15-16,18H2,1-2H3,(H,28,31)(H,32,33);(H,6,7). The van der Waals surface area contributed by atoms with E-state index in [0.717, 1.165) is 41.5 Å². The van der Waals surface area contributed by atoms with Crippen LogP contribution in [0, 0.1) is 0 Å². The average molecular weight is 562 g/mol. The summed E-state index contributed by atoms with van der Waals surface area (Å²) >= 11 is 0.